The van der Waals surface area contributed by atoms with Crippen molar-refractivity contribution in [2.45, 2.75) is 4.90 Å². The van der Waals surface area contributed by atoms with Gasteiger partial charge in [-0.1, -0.05) is 24.3 Å². The Balaban J connectivity index is 1.62. The SMILES string of the molecule is CNc1nc2ccc(-c3cnc(OC)c(S(=O)(=O)Nc4ccc(F)cc4F)c3)cc2c(=O)n1-c1ccccc1. The van der Waals surface area contributed by atoms with Gasteiger partial charge in [0, 0.05) is 24.9 Å². The zero-order chi connectivity index (χ0) is 27.7. The first kappa shape index (κ1) is 25.8. The van der Waals surface area contributed by atoms with Crippen molar-refractivity contribution >= 4 is 32.6 Å². The second-order valence-electron chi connectivity index (χ2n) is 8.35. The Morgan fingerprint density at radius 1 is 0.949 bits per heavy atom. The molecule has 0 bridgehead atoms. The van der Waals surface area contributed by atoms with Crippen molar-refractivity contribution in [3.05, 3.63) is 101 Å². The lowest BCUT2D eigenvalue weighted by atomic mass is 10.1. The molecule has 0 radical (unpaired) electrons. The molecule has 0 aliphatic rings. The average molecular weight is 550 g/mol. The summed E-state index contributed by atoms with van der Waals surface area (Å²) in [6.45, 7) is 0. The number of hydrogen-bond donors (Lipinski definition) is 2. The highest BCUT2D eigenvalue weighted by Gasteiger charge is 2.24. The van der Waals surface area contributed by atoms with E-state index in [1.54, 1.807) is 49.5 Å². The van der Waals surface area contributed by atoms with Crippen LogP contribution in [0.2, 0.25) is 0 Å². The smallest absolute Gasteiger partial charge is 0.267 e. The number of benzene rings is 3. The number of ether oxygens (including phenoxy) is 1. The number of nitrogens with one attached hydrogen (secondary N) is 2. The molecule has 5 aromatic rings. The second-order valence-corrected chi connectivity index (χ2v) is 10.0. The number of fused-ring (bicyclic) bond motifs is 1. The van der Waals surface area contributed by atoms with E-state index in [0.29, 0.717) is 39.7 Å². The maximum absolute atomic E-state index is 14.2. The standard InChI is InChI=1S/C27H21F2N5O4S/c1-30-27-32-22-10-8-16(12-20(22)26(35)34(27)19-6-4-3-5-7-19)17-13-24(25(38-2)31-15-17)39(36,37)33-23-11-9-18(28)14-21(23)29/h3-15,33H,1-2H3,(H,30,32). The topological polar surface area (TPSA) is 115 Å². The summed E-state index contributed by atoms with van der Waals surface area (Å²) >= 11 is 0. The van der Waals surface area contributed by atoms with E-state index in [9.17, 15) is 22.0 Å². The third kappa shape index (κ3) is 4.89. The maximum Gasteiger partial charge on any atom is 0.267 e. The first-order valence-corrected chi connectivity index (χ1v) is 13.0. The van der Waals surface area contributed by atoms with Gasteiger partial charge in [0.2, 0.25) is 11.8 Å². The molecule has 0 aliphatic carbocycles. The van der Waals surface area contributed by atoms with Gasteiger partial charge in [-0.3, -0.25) is 9.52 Å². The number of pyridine rings is 1. The lowest BCUT2D eigenvalue weighted by molar-refractivity contribution is 0.385. The molecule has 2 heterocycles. The van der Waals surface area contributed by atoms with Gasteiger partial charge in [0.05, 0.1) is 29.4 Å². The van der Waals surface area contributed by atoms with E-state index in [1.807, 2.05) is 6.07 Å². The van der Waals surface area contributed by atoms with E-state index in [4.69, 9.17) is 4.74 Å². The number of aromatic nitrogens is 3. The third-order valence-corrected chi connectivity index (χ3v) is 7.28. The molecule has 9 nitrogen and oxygen atoms in total. The fraction of sp³-hybridized carbons (Fsp3) is 0.0741. The summed E-state index contributed by atoms with van der Waals surface area (Å²) in [6.07, 6.45) is 1.39. The van der Waals surface area contributed by atoms with Crippen LogP contribution in [0.15, 0.2) is 88.7 Å². The van der Waals surface area contributed by atoms with Gasteiger partial charge in [-0.05, 0) is 48.0 Å². The van der Waals surface area contributed by atoms with Crippen molar-refractivity contribution < 1.29 is 21.9 Å². The number of rotatable bonds is 7. The molecule has 2 aromatic heterocycles. The van der Waals surface area contributed by atoms with Crippen molar-refractivity contribution in [2.24, 2.45) is 0 Å². The van der Waals surface area contributed by atoms with E-state index in [-0.39, 0.29) is 16.3 Å². The molecule has 12 heteroatoms. The molecule has 0 spiro atoms. The van der Waals surface area contributed by atoms with Crippen molar-refractivity contribution in [3.63, 3.8) is 0 Å². The summed E-state index contributed by atoms with van der Waals surface area (Å²) in [5, 5.41) is 3.24. The highest BCUT2D eigenvalue weighted by molar-refractivity contribution is 7.92. The highest BCUT2D eigenvalue weighted by Crippen LogP contribution is 2.31. The van der Waals surface area contributed by atoms with Gasteiger partial charge in [0.15, 0.2) is 0 Å². The summed E-state index contributed by atoms with van der Waals surface area (Å²) in [4.78, 5) is 21.8. The van der Waals surface area contributed by atoms with Crippen LogP contribution in [0, 0.1) is 11.6 Å². The van der Waals surface area contributed by atoms with Crippen LogP contribution in [-0.4, -0.2) is 37.1 Å². The van der Waals surface area contributed by atoms with E-state index in [2.05, 4.69) is 20.0 Å². The Morgan fingerprint density at radius 2 is 1.72 bits per heavy atom. The zero-order valence-electron chi connectivity index (χ0n) is 20.6. The average Bonchev–Trinajstić information content (AvgIpc) is 2.94. The van der Waals surface area contributed by atoms with E-state index in [1.165, 1.54) is 23.9 Å². The molecule has 5 rings (SSSR count). The summed E-state index contributed by atoms with van der Waals surface area (Å²) < 4.78 is 62.5. The molecular formula is C27H21F2N5O4S. The normalized spacial score (nSPS) is 11.4. The molecule has 198 valence electrons. The van der Waals surface area contributed by atoms with Gasteiger partial charge in [-0.2, -0.15) is 0 Å². The molecule has 0 fully saturated rings. The van der Waals surface area contributed by atoms with Crippen LogP contribution >= 0.6 is 0 Å². The Labute approximate surface area is 221 Å². The van der Waals surface area contributed by atoms with E-state index < -0.39 is 27.3 Å². The predicted molar refractivity (Wildman–Crippen MR) is 144 cm³/mol. The molecule has 0 saturated carbocycles. The van der Waals surface area contributed by atoms with Gasteiger partial charge in [-0.25, -0.2) is 31.7 Å². The summed E-state index contributed by atoms with van der Waals surface area (Å²) in [6, 6.07) is 17.7. The molecule has 0 aliphatic heterocycles. The minimum absolute atomic E-state index is 0.235. The minimum Gasteiger partial charge on any atom is -0.480 e. The Bertz CT molecular complexity index is 1880. The Kier molecular flexibility index (Phi) is 6.71. The quantitative estimate of drug-likeness (QED) is 0.305. The monoisotopic (exact) mass is 549 g/mol. The number of methoxy groups -OCH3 is 1. The third-order valence-electron chi connectivity index (χ3n) is 5.92. The van der Waals surface area contributed by atoms with Crippen LogP contribution in [0.1, 0.15) is 0 Å². The van der Waals surface area contributed by atoms with E-state index in [0.717, 1.165) is 12.1 Å². The van der Waals surface area contributed by atoms with Crippen LogP contribution in [0.5, 0.6) is 5.88 Å². The van der Waals surface area contributed by atoms with Crippen molar-refractivity contribution in [2.75, 3.05) is 24.2 Å². The molecule has 2 N–H and O–H groups in total. The first-order valence-electron chi connectivity index (χ1n) is 11.5. The summed E-state index contributed by atoms with van der Waals surface area (Å²) in [7, 11) is -1.50. The van der Waals surface area contributed by atoms with Crippen molar-refractivity contribution in [1.82, 2.24) is 14.5 Å². The Hall–Kier alpha value is -4.84. The summed E-state index contributed by atoms with van der Waals surface area (Å²) in [5.74, 6) is -1.82. The lowest BCUT2D eigenvalue weighted by Gasteiger charge is -2.14. The lowest BCUT2D eigenvalue weighted by Crippen LogP contribution is -2.22. The Morgan fingerprint density at radius 3 is 2.41 bits per heavy atom. The largest absolute Gasteiger partial charge is 0.480 e. The van der Waals surface area contributed by atoms with Crippen molar-refractivity contribution in [3.8, 4) is 22.7 Å². The van der Waals surface area contributed by atoms with Gasteiger partial charge in [0.1, 0.15) is 16.5 Å². The minimum atomic E-state index is -4.41. The maximum atomic E-state index is 14.2. The molecule has 0 amide bonds. The van der Waals surface area contributed by atoms with Crippen LogP contribution < -0.4 is 20.3 Å². The van der Waals surface area contributed by atoms with Crippen LogP contribution in [-0.2, 0) is 10.0 Å². The second kappa shape index (κ2) is 10.1. The number of hydrogen-bond acceptors (Lipinski definition) is 7. The van der Waals surface area contributed by atoms with Crippen molar-refractivity contribution in [1.29, 1.82) is 0 Å². The van der Waals surface area contributed by atoms with Gasteiger partial charge < -0.3 is 10.1 Å². The fourth-order valence-electron chi connectivity index (χ4n) is 4.06. The van der Waals surface area contributed by atoms with Gasteiger partial charge in [-0.15, -0.1) is 0 Å². The number of sulfonamides is 1. The van der Waals surface area contributed by atoms with Crippen LogP contribution in [0.25, 0.3) is 27.7 Å². The molecular weight excluding hydrogens is 528 g/mol. The molecule has 39 heavy (non-hydrogen) atoms. The molecule has 0 unspecified atom stereocenters. The zero-order valence-corrected chi connectivity index (χ0v) is 21.5. The van der Waals surface area contributed by atoms with Gasteiger partial charge >= 0.3 is 0 Å². The van der Waals surface area contributed by atoms with Crippen LogP contribution in [0.3, 0.4) is 0 Å². The number of para-hydroxylation sites is 1. The molecule has 0 atom stereocenters. The highest BCUT2D eigenvalue weighted by atomic mass is 32.2. The van der Waals surface area contributed by atoms with E-state index >= 15 is 0 Å². The first-order chi connectivity index (χ1) is 18.7. The predicted octanol–water partition coefficient (Wildman–Crippen LogP) is 4.58. The summed E-state index contributed by atoms with van der Waals surface area (Å²) in [5.41, 5.74) is 1.11. The van der Waals surface area contributed by atoms with Crippen LogP contribution in [0.4, 0.5) is 20.4 Å². The molecule has 0 saturated heterocycles. The number of nitrogens with zero attached hydrogens (tertiary/aromatic N) is 3. The van der Waals surface area contributed by atoms with Gasteiger partial charge in [0.25, 0.3) is 15.6 Å². The number of halogens is 2. The molecule has 3 aromatic carbocycles. The number of anilines is 2. The fourth-order valence-corrected chi connectivity index (χ4v) is 5.27.